The second kappa shape index (κ2) is 10.2. The highest BCUT2D eigenvalue weighted by Gasteiger charge is 2.19. The molecule has 0 fully saturated rings. The van der Waals surface area contributed by atoms with Crippen LogP contribution < -0.4 is 0 Å². The van der Waals surface area contributed by atoms with Gasteiger partial charge in [0.1, 0.15) is 0 Å². The molecule has 0 nitrogen and oxygen atoms in total. The molecule has 0 saturated carbocycles. The molecule has 8 aromatic carbocycles. The maximum atomic E-state index is 2.39. The van der Waals surface area contributed by atoms with Crippen molar-refractivity contribution in [3.8, 4) is 44.5 Å². The predicted octanol–water partition coefficient (Wildman–Crippen LogP) is 11.8. The second-order valence-corrected chi connectivity index (χ2v) is 10.9. The third kappa shape index (κ3) is 4.00. The number of fused-ring (bicyclic) bond motifs is 3. The van der Waals surface area contributed by atoms with E-state index in [4.69, 9.17) is 0 Å². The topological polar surface area (TPSA) is 0 Å². The van der Waals surface area contributed by atoms with Gasteiger partial charge in [-0.15, -0.1) is 0 Å². The molecule has 0 unspecified atom stereocenters. The zero-order valence-corrected chi connectivity index (χ0v) is 23.2. The normalized spacial score (nSPS) is 11.3. The second-order valence-electron chi connectivity index (χ2n) is 10.9. The molecule has 0 saturated heterocycles. The van der Waals surface area contributed by atoms with Gasteiger partial charge in [0.25, 0.3) is 0 Å². The van der Waals surface area contributed by atoms with Crippen molar-refractivity contribution in [3.63, 3.8) is 0 Å². The van der Waals surface area contributed by atoms with E-state index in [0.717, 1.165) is 0 Å². The Hall–Kier alpha value is -5.46. The fourth-order valence-electron chi connectivity index (χ4n) is 6.60. The predicted molar refractivity (Wildman–Crippen MR) is 181 cm³/mol. The van der Waals surface area contributed by atoms with Gasteiger partial charge >= 0.3 is 0 Å². The zero-order chi connectivity index (χ0) is 27.9. The van der Waals surface area contributed by atoms with Crippen LogP contribution in [0.4, 0.5) is 0 Å². The highest BCUT2D eigenvalue weighted by Crippen LogP contribution is 2.47. The van der Waals surface area contributed by atoms with Crippen molar-refractivity contribution in [3.05, 3.63) is 170 Å². The molecule has 8 aromatic rings. The molecule has 0 aliphatic heterocycles. The lowest BCUT2D eigenvalue weighted by atomic mass is 9.83. The monoisotopic (exact) mass is 532 g/mol. The number of rotatable bonds is 4. The standard InChI is InChI=1S/C42H28/c1-3-14-30(15-4-1)40-28-32(34-25-13-19-29-16-7-8-20-33(29)34)26-27-39(40)42-37-23-11-9-21-35(37)41(31-17-5-2-6-18-31)36-22-10-12-24-38(36)42/h1-28H. The first-order valence-electron chi connectivity index (χ1n) is 14.5. The van der Waals surface area contributed by atoms with Crippen LogP contribution in [0, 0.1) is 0 Å². The lowest BCUT2D eigenvalue weighted by Gasteiger charge is -2.20. The van der Waals surface area contributed by atoms with Crippen molar-refractivity contribution in [2.24, 2.45) is 0 Å². The first-order valence-corrected chi connectivity index (χ1v) is 14.5. The molecule has 0 amide bonds. The number of hydrogen-bond acceptors (Lipinski definition) is 0. The maximum absolute atomic E-state index is 2.39. The quantitative estimate of drug-likeness (QED) is 0.198. The average Bonchev–Trinajstić information content (AvgIpc) is 3.07. The lowest BCUT2D eigenvalue weighted by molar-refractivity contribution is 1.59. The van der Waals surface area contributed by atoms with Crippen LogP contribution in [0.15, 0.2) is 170 Å². The first kappa shape index (κ1) is 24.3. The molecule has 0 heteroatoms. The van der Waals surface area contributed by atoms with E-state index in [1.807, 2.05) is 0 Å². The molecule has 0 heterocycles. The maximum Gasteiger partial charge on any atom is -0.00201 e. The van der Waals surface area contributed by atoms with Crippen molar-refractivity contribution in [1.82, 2.24) is 0 Å². The van der Waals surface area contributed by atoms with Crippen LogP contribution in [0.1, 0.15) is 0 Å². The van der Waals surface area contributed by atoms with Gasteiger partial charge < -0.3 is 0 Å². The van der Waals surface area contributed by atoms with Gasteiger partial charge in [-0.25, -0.2) is 0 Å². The molecule has 0 aromatic heterocycles. The Labute approximate surface area is 246 Å². The van der Waals surface area contributed by atoms with Gasteiger partial charge in [-0.05, 0) is 82.9 Å². The molecule has 0 N–H and O–H groups in total. The lowest BCUT2D eigenvalue weighted by Crippen LogP contribution is -1.93. The van der Waals surface area contributed by atoms with Crippen LogP contribution in [-0.4, -0.2) is 0 Å². The minimum Gasteiger partial charge on any atom is -0.0622 e. The summed E-state index contributed by atoms with van der Waals surface area (Å²) >= 11 is 0. The van der Waals surface area contributed by atoms with Gasteiger partial charge in [0, 0.05) is 0 Å². The fourth-order valence-corrected chi connectivity index (χ4v) is 6.60. The minimum atomic E-state index is 1.22. The Morgan fingerprint density at radius 3 is 1.38 bits per heavy atom. The Balaban J connectivity index is 1.47. The van der Waals surface area contributed by atoms with E-state index in [9.17, 15) is 0 Å². The third-order valence-electron chi connectivity index (χ3n) is 8.47. The molecule has 0 radical (unpaired) electrons. The largest absolute Gasteiger partial charge is 0.0622 e. The molecule has 42 heavy (non-hydrogen) atoms. The summed E-state index contributed by atoms with van der Waals surface area (Å²) in [6.07, 6.45) is 0. The van der Waals surface area contributed by atoms with E-state index in [1.165, 1.54) is 76.8 Å². The Morgan fingerprint density at radius 2 is 0.738 bits per heavy atom. The summed E-state index contributed by atoms with van der Waals surface area (Å²) in [6.45, 7) is 0. The van der Waals surface area contributed by atoms with Gasteiger partial charge in [-0.2, -0.15) is 0 Å². The van der Waals surface area contributed by atoms with Crippen LogP contribution in [0.25, 0.3) is 76.8 Å². The molecule has 0 bridgehead atoms. The van der Waals surface area contributed by atoms with E-state index in [2.05, 4.69) is 170 Å². The van der Waals surface area contributed by atoms with Crippen LogP contribution in [0.5, 0.6) is 0 Å². The van der Waals surface area contributed by atoms with Gasteiger partial charge in [0.05, 0.1) is 0 Å². The minimum absolute atomic E-state index is 1.22. The Kier molecular flexibility index (Phi) is 5.90. The molecule has 0 aliphatic carbocycles. The Bertz CT molecular complexity index is 2160. The fraction of sp³-hybridized carbons (Fsp3) is 0. The van der Waals surface area contributed by atoms with Gasteiger partial charge in [-0.1, -0.05) is 164 Å². The van der Waals surface area contributed by atoms with Crippen LogP contribution in [0.2, 0.25) is 0 Å². The molecule has 8 rings (SSSR count). The summed E-state index contributed by atoms with van der Waals surface area (Å²) in [6, 6.07) is 61.7. The third-order valence-corrected chi connectivity index (χ3v) is 8.47. The number of benzene rings is 8. The zero-order valence-electron chi connectivity index (χ0n) is 23.2. The van der Waals surface area contributed by atoms with Crippen molar-refractivity contribution >= 4 is 32.3 Å². The summed E-state index contributed by atoms with van der Waals surface area (Å²) in [5.74, 6) is 0. The summed E-state index contributed by atoms with van der Waals surface area (Å²) in [4.78, 5) is 0. The number of hydrogen-bond donors (Lipinski definition) is 0. The molecular formula is C42H28. The van der Waals surface area contributed by atoms with Crippen LogP contribution >= 0.6 is 0 Å². The smallest absolute Gasteiger partial charge is 0.00201 e. The highest BCUT2D eigenvalue weighted by atomic mass is 14.2. The molecule has 0 spiro atoms. The van der Waals surface area contributed by atoms with Crippen molar-refractivity contribution in [1.29, 1.82) is 0 Å². The van der Waals surface area contributed by atoms with Gasteiger partial charge in [0.15, 0.2) is 0 Å². The van der Waals surface area contributed by atoms with E-state index >= 15 is 0 Å². The first-order chi connectivity index (χ1) is 20.9. The van der Waals surface area contributed by atoms with E-state index < -0.39 is 0 Å². The Morgan fingerprint density at radius 1 is 0.238 bits per heavy atom. The molecule has 0 atom stereocenters. The van der Waals surface area contributed by atoms with Gasteiger partial charge in [-0.3, -0.25) is 0 Å². The van der Waals surface area contributed by atoms with Crippen LogP contribution in [0.3, 0.4) is 0 Å². The van der Waals surface area contributed by atoms with Gasteiger partial charge in [0.2, 0.25) is 0 Å². The van der Waals surface area contributed by atoms with Crippen molar-refractivity contribution in [2.45, 2.75) is 0 Å². The van der Waals surface area contributed by atoms with E-state index in [1.54, 1.807) is 0 Å². The average molecular weight is 533 g/mol. The van der Waals surface area contributed by atoms with E-state index in [-0.39, 0.29) is 0 Å². The highest BCUT2D eigenvalue weighted by molar-refractivity contribution is 6.22. The van der Waals surface area contributed by atoms with Crippen molar-refractivity contribution in [2.75, 3.05) is 0 Å². The summed E-state index contributed by atoms with van der Waals surface area (Å²) in [7, 11) is 0. The SMILES string of the molecule is c1ccc(-c2cc(-c3cccc4ccccc34)ccc2-c2c3ccccc3c(-c3ccccc3)c3ccccc23)cc1. The molecule has 0 aliphatic rings. The summed E-state index contributed by atoms with van der Waals surface area (Å²) in [5.41, 5.74) is 10.0. The van der Waals surface area contributed by atoms with E-state index in [0.29, 0.717) is 0 Å². The van der Waals surface area contributed by atoms with Crippen LogP contribution in [-0.2, 0) is 0 Å². The summed E-state index contributed by atoms with van der Waals surface area (Å²) < 4.78 is 0. The van der Waals surface area contributed by atoms with Crippen molar-refractivity contribution < 1.29 is 0 Å². The molecular weight excluding hydrogens is 504 g/mol. The summed E-state index contributed by atoms with van der Waals surface area (Å²) in [5, 5.41) is 7.61. The molecule has 196 valence electrons.